The van der Waals surface area contributed by atoms with Crippen molar-refractivity contribution in [1.29, 1.82) is 0 Å². The first-order valence-corrected chi connectivity index (χ1v) is 13.5. The summed E-state index contributed by atoms with van der Waals surface area (Å²) in [6.45, 7) is 11.2. The highest BCUT2D eigenvalue weighted by Gasteiger charge is 2.27. The summed E-state index contributed by atoms with van der Waals surface area (Å²) in [6.07, 6.45) is 0. The van der Waals surface area contributed by atoms with Crippen LogP contribution in [0.5, 0.6) is 0 Å². The van der Waals surface area contributed by atoms with E-state index in [-0.39, 0.29) is 5.41 Å². The summed E-state index contributed by atoms with van der Waals surface area (Å²) in [5.41, 5.74) is 7.51. The van der Waals surface area contributed by atoms with Crippen LogP contribution in [-0.2, 0) is 5.41 Å². The van der Waals surface area contributed by atoms with E-state index in [2.05, 4.69) is 150 Å². The molecule has 1 heterocycles. The quantitative estimate of drug-likeness (QED) is 0.207. The molecule has 0 amide bonds. The molecule has 0 bridgehead atoms. The van der Waals surface area contributed by atoms with Gasteiger partial charge in [0.2, 0.25) is 0 Å². The van der Waals surface area contributed by atoms with E-state index >= 15 is 0 Å². The van der Waals surface area contributed by atoms with E-state index < -0.39 is 0 Å². The number of hydrogen-bond donors (Lipinski definition) is 0. The van der Waals surface area contributed by atoms with Gasteiger partial charge in [-0.25, -0.2) is 0 Å². The summed E-state index contributed by atoms with van der Waals surface area (Å²) >= 11 is 7.66. The smallest absolute Gasteiger partial charge is 0.160 e. The first-order chi connectivity index (χ1) is 16.7. The summed E-state index contributed by atoms with van der Waals surface area (Å²) < 4.78 is 8.88. The first-order valence-electron chi connectivity index (χ1n) is 12.0. The molecule has 0 saturated carbocycles. The van der Waals surface area contributed by atoms with Gasteiger partial charge in [-0.2, -0.15) is 0 Å². The van der Waals surface area contributed by atoms with Crippen LogP contribution in [0.3, 0.4) is 0 Å². The lowest BCUT2D eigenvalue weighted by molar-refractivity contribution is 0.573. The van der Waals surface area contributed by atoms with Gasteiger partial charge in [0, 0.05) is 36.7 Å². The zero-order valence-corrected chi connectivity index (χ0v) is 23.9. The summed E-state index contributed by atoms with van der Waals surface area (Å²) in [5.74, 6) is 0.376. The van der Waals surface area contributed by atoms with Crippen molar-refractivity contribution in [2.45, 2.75) is 46.0 Å². The number of halogens is 2. The van der Waals surface area contributed by atoms with Crippen molar-refractivity contribution < 1.29 is 4.42 Å². The van der Waals surface area contributed by atoms with Crippen molar-refractivity contribution in [3.05, 3.63) is 98.9 Å². The van der Waals surface area contributed by atoms with Gasteiger partial charge in [-0.3, -0.25) is 0 Å². The Morgan fingerprint density at radius 2 is 1.29 bits per heavy atom. The second-order valence-electron chi connectivity index (χ2n) is 10.3. The van der Waals surface area contributed by atoms with Crippen molar-refractivity contribution >= 4 is 70.9 Å². The fourth-order valence-electron chi connectivity index (χ4n) is 4.81. The molecule has 0 fully saturated rings. The van der Waals surface area contributed by atoms with E-state index in [1.165, 1.54) is 11.1 Å². The molecular formula is C31H29Br2NO. The number of anilines is 3. The van der Waals surface area contributed by atoms with Gasteiger partial charge >= 0.3 is 0 Å². The number of fused-ring (bicyclic) bond motifs is 3. The summed E-state index contributed by atoms with van der Waals surface area (Å²) in [7, 11) is 0. The molecule has 0 aliphatic rings. The van der Waals surface area contributed by atoms with E-state index in [4.69, 9.17) is 4.42 Å². The van der Waals surface area contributed by atoms with Crippen molar-refractivity contribution in [3.63, 3.8) is 0 Å². The van der Waals surface area contributed by atoms with Crippen LogP contribution in [0.25, 0.3) is 21.9 Å². The van der Waals surface area contributed by atoms with Crippen molar-refractivity contribution in [3.8, 4) is 0 Å². The van der Waals surface area contributed by atoms with Gasteiger partial charge in [0.05, 0.1) is 5.69 Å². The molecule has 1 aromatic heterocycles. The molecule has 4 heteroatoms. The molecule has 0 unspecified atom stereocenters. The standard InChI is InChI=1S/C31H29Br2NO/c1-19(2)21-13-9-10-14-25(21)34(20-11-7-6-8-12-20)26-18-17-24(33)28-27-23(32)16-15-22(31(3,4)5)29(27)35-30(26)28/h6-19H,1-5H3. The predicted molar refractivity (Wildman–Crippen MR) is 157 cm³/mol. The average molecular weight is 591 g/mol. The Morgan fingerprint density at radius 1 is 0.686 bits per heavy atom. The Balaban J connectivity index is 1.91. The lowest BCUT2D eigenvalue weighted by Gasteiger charge is -2.28. The highest BCUT2D eigenvalue weighted by Crippen LogP contribution is 2.49. The van der Waals surface area contributed by atoms with Crippen molar-refractivity contribution in [2.24, 2.45) is 0 Å². The molecule has 4 aromatic carbocycles. The van der Waals surface area contributed by atoms with E-state index in [0.29, 0.717) is 5.92 Å². The Kier molecular flexibility index (Phi) is 6.31. The Morgan fingerprint density at radius 3 is 1.94 bits per heavy atom. The molecule has 0 aliphatic carbocycles. The van der Waals surface area contributed by atoms with E-state index in [9.17, 15) is 0 Å². The summed E-state index contributed by atoms with van der Waals surface area (Å²) in [6, 6.07) is 27.8. The number of para-hydroxylation sites is 2. The number of benzene rings is 4. The molecule has 5 rings (SSSR count). The largest absolute Gasteiger partial charge is 0.453 e. The number of rotatable bonds is 4. The fourth-order valence-corrected chi connectivity index (χ4v) is 5.84. The maximum atomic E-state index is 6.83. The van der Waals surface area contributed by atoms with Crippen LogP contribution in [0, 0.1) is 0 Å². The predicted octanol–water partition coefficient (Wildman–Crippen LogP) is 11.0. The van der Waals surface area contributed by atoms with Crippen LogP contribution >= 0.6 is 31.9 Å². The minimum absolute atomic E-state index is 0.0528. The third-order valence-electron chi connectivity index (χ3n) is 6.51. The molecule has 178 valence electrons. The van der Waals surface area contributed by atoms with Gasteiger partial charge in [-0.05, 0) is 53.3 Å². The summed E-state index contributed by atoms with van der Waals surface area (Å²) in [5, 5.41) is 2.18. The normalized spacial score (nSPS) is 12.1. The lowest BCUT2D eigenvalue weighted by Crippen LogP contribution is -2.13. The van der Waals surface area contributed by atoms with E-state index in [1.807, 2.05) is 0 Å². The Labute approximate surface area is 224 Å². The SMILES string of the molecule is CC(C)c1ccccc1N(c1ccccc1)c1ccc(Br)c2c1oc1c(C(C)(C)C)ccc(Br)c12. The zero-order valence-electron chi connectivity index (χ0n) is 20.7. The highest BCUT2D eigenvalue weighted by atomic mass is 79.9. The molecule has 0 radical (unpaired) electrons. The minimum Gasteiger partial charge on any atom is -0.453 e. The Bertz CT molecular complexity index is 1530. The molecule has 35 heavy (non-hydrogen) atoms. The third-order valence-corrected chi connectivity index (χ3v) is 7.83. The maximum absolute atomic E-state index is 6.83. The van der Waals surface area contributed by atoms with Crippen LogP contribution in [-0.4, -0.2) is 0 Å². The molecule has 0 atom stereocenters. The molecule has 5 aromatic rings. The Hall–Kier alpha value is -2.56. The maximum Gasteiger partial charge on any atom is 0.160 e. The molecule has 0 aliphatic heterocycles. The second-order valence-corrected chi connectivity index (χ2v) is 12.0. The first kappa shape index (κ1) is 24.1. The fraction of sp³-hybridized carbons (Fsp3) is 0.226. The number of hydrogen-bond acceptors (Lipinski definition) is 2. The van der Waals surface area contributed by atoms with E-state index in [0.717, 1.165) is 47.9 Å². The zero-order chi connectivity index (χ0) is 24.9. The van der Waals surface area contributed by atoms with Gasteiger partial charge in [-0.15, -0.1) is 0 Å². The monoisotopic (exact) mass is 589 g/mol. The summed E-state index contributed by atoms with van der Waals surface area (Å²) in [4.78, 5) is 2.33. The van der Waals surface area contributed by atoms with Gasteiger partial charge in [0.15, 0.2) is 5.58 Å². The molecule has 0 saturated heterocycles. The van der Waals surface area contributed by atoms with Crippen LogP contribution in [0.15, 0.2) is 92.2 Å². The van der Waals surface area contributed by atoms with Crippen LogP contribution < -0.4 is 4.90 Å². The molecule has 0 N–H and O–H groups in total. The third kappa shape index (κ3) is 4.21. The number of nitrogens with zero attached hydrogens (tertiary/aromatic N) is 1. The topological polar surface area (TPSA) is 16.4 Å². The average Bonchev–Trinajstić information content (AvgIpc) is 3.23. The molecular weight excluding hydrogens is 562 g/mol. The van der Waals surface area contributed by atoms with Crippen molar-refractivity contribution in [1.82, 2.24) is 0 Å². The lowest BCUT2D eigenvalue weighted by atomic mass is 9.86. The van der Waals surface area contributed by atoms with Crippen molar-refractivity contribution in [2.75, 3.05) is 4.90 Å². The van der Waals surface area contributed by atoms with Gasteiger partial charge in [0.1, 0.15) is 5.58 Å². The molecule has 2 nitrogen and oxygen atoms in total. The second kappa shape index (κ2) is 9.15. The number of furan rings is 1. The highest BCUT2D eigenvalue weighted by molar-refractivity contribution is 9.11. The van der Waals surface area contributed by atoms with Gasteiger partial charge < -0.3 is 9.32 Å². The van der Waals surface area contributed by atoms with Gasteiger partial charge in [-0.1, -0.05) is 109 Å². The van der Waals surface area contributed by atoms with Crippen LogP contribution in [0.4, 0.5) is 17.1 Å². The van der Waals surface area contributed by atoms with Gasteiger partial charge in [0.25, 0.3) is 0 Å². The van der Waals surface area contributed by atoms with E-state index in [1.54, 1.807) is 0 Å². The molecule has 0 spiro atoms. The van der Waals surface area contributed by atoms with Crippen LogP contribution in [0.1, 0.15) is 51.7 Å². The van der Waals surface area contributed by atoms with Crippen LogP contribution in [0.2, 0.25) is 0 Å². The minimum atomic E-state index is -0.0528.